The van der Waals surface area contributed by atoms with Gasteiger partial charge in [0.25, 0.3) is 0 Å². The van der Waals surface area contributed by atoms with E-state index in [1.807, 2.05) is 6.20 Å². The normalized spacial score (nSPS) is 20.3. The Labute approximate surface area is 103 Å². The Morgan fingerprint density at radius 1 is 1.59 bits per heavy atom. The molecule has 0 saturated carbocycles. The van der Waals surface area contributed by atoms with E-state index in [-0.39, 0.29) is 0 Å². The minimum atomic E-state index is 0.413. The van der Waals surface area contributed by atoms with E-state index in [0.717, 1.165) is 26.2 Å². The van der Waals surface area contributed by atoms with Gasteiger partial charge in [-0.1, -0.05) is 13.8 Å². The van der Waals surface area contributed by atoms with Crippen LogP contribution < -0.4 is 5.32 Å². The highest BCUT2D eigenvalue weighted by molar-refractivity contribution is 5.00. The molecule has 1 aliphatic heterocycles. The Hall–Kier alpha value is -0.870. The van der Waals surface area contributed by atoms with Crippen LogP contribution in [-0.4, -0.2) is 29.0 Å². The van der Waals surface area contributed by atoms with E-state index < -0.39 is 0 Å². The van der Waals surface area contributed by atoms with Crippen molar-refractivity contribution in [2.45, 2.75) is 45.9 Å². The van der Waals surface area contributed by atoms with Crippen molar-refractivity contribution in [3.8, 4) is 0 Å². The maximum atomic E-state index is 5.58. The van der Waals surface area contributed by atoms with Crippen LogP contribution in [0, 0.1) is 5.92 Å². The smallest absolute Gasteiger partial charge is 0.0700 e. The molecule has 0 aromatic carbocycles. The first kappa shape index (κ1) is 12.6. The van der Waals surface area contributed by atoms with E-state index in [9.17, 15) is 0 Å². The van der Waals surface area contributed by atoms with E-state index in [4.69, 9.17) is 4.74 Å². The topological polar surface area (TPSA) is 39.1 Å². The molecule has 2 rings (SSSR count). The molecule has 4 nitrogen and oxygen atoms in total. The third kappa shape index (κ3) is 3.82. The number of nitrogens with one attached hydrogen (secondary N) is 1. The lowest BCUT2D eigenvalue weighted by molar-refractivity contribution is 0.109. The number of aromatic nitrogens is 2. The van der Waals surface area contributed by atoms with Crippen LogP contribution in [0.15, 0.2) is 12.3 Å². The molecule has 4 heteroatoms. The van der Waals surface area contributed by atoms with Gasteiger partial charge in [0.15, 0.2) is 0 Å². The van der Waals surface area contributed by atoms with Crippen molar-refractivity contribution in [1.82, 2.24) is 15.1 Å². The molecular formula is C13H23N3O. The molecule has 1 saturated heterocycles. The molecule has 0 spiro atoms. The highest BCUT2D eigenvalue weighted by atomic mass is 16.5. The predicted molar refractivity (Wildman–Crippen MR) is 67.7 cm³/mol. The summed E-state index contributed by atoms with van der Waals surface area (Å²) < 4.78 is 7.67. The number of hydrogen-bond acceptors (Lipinski definition) is 3. The van der Waals surface area contributed by atoms with E-state index in [0.29, 0.717) is 12.0 Å². The molecule has 0 aliphatic carbocycles. The fraction of sp³-hybridized carbons (Fsp3) is 0.769. The molecule has 1 fully saturated rings. The minimum absolute atomic E-state index is 0.413. The van der Waals surface area contributed by atoms with Gasteiger partial charge in [-0.05, 0) is 24.8 Å². The molecule has 0 bridgehead atoms. The molecular weight excluding hydrogens is 214 g/mol. The molecule has 1 aliphatic rings. The zero-order chi connectivity index (χ0) is 12.1. The van der Waals surface area contributed by atoms with Gasteiger partial charge < -0.3 is 10.1 Å². The number of ether oxygens (including phenoxy) is 1. The summed E-state index contributed by atoms with van der Waals surface area (Å²) in [6.07, 6.45) is 4.69. The Balaban J connectivity index is 1.75. The second kappa shape index (κ2) is 6.17. The minimum Gasteiger partial charge on any atom is -0.377 e. The number of hydrogen-bond donors (Lipinski definition) is 1. The van der Waals surface area contributed by atoms with E-state index in [1.165, 1.54) is 18.5 Å². The standard InChI is InChI=1S/C13H23N3O/c1-11(2)10-16-12(5-6-15-16)8-14-9-13-4-3-7-17-13/h5-6,11,13-14H,3-4,7-10H2,1-2H3/t13-/m1/s1. The summed E-state index contributed by atoms with van der Waals surface area (Å²) in [6, 6.07) is 2.09. The van der Waals surface area contributed by atoms with E-state index >= 15 is 0 Å². The van der Waals surface area contributed by atoms with Crippen LogP contribution in [0.5, 0.6) is 0 Å². The molecule has 0 amide bonds. The van der Waals surface area contributed by atoms with Gasteiger partial charge in [0.1, 0.15) is 0 Å². The molecule has 1 aromatic rings. The van der Waals surface area contributed by atoms with Crippen LogP contribution in [0.2, 0.25) is 0 Å². The second-order valence-electron chi connectivity index (χ2n) is 5.16. The van der Waals surface area contributed by atoms with Crippen LogP contribution in [0.1, 0.15) is 32.4 Å². The van der Waals surface area contributed by atoms with Crippen molar-refractivity contribution >= 4 is 0 Å². The number of nitrogens with zero attached hydrogens (tertiary/aromatic N) is 2. The molecule has 0 unspecified atom stereocenters. The van der Waals surface area contributed by atoms with Crippen LogP contribution in [0.25, 0.3) is 0 Å². The van der Waals surface area contributed by atoms with Gasteiger partial charge in [-0.15, -0.1) is 0 Å². The largest absolute Gasteiger partial charge is 0.377 e. The monoisotopic (exact) mass is 237 g/mol. The molecule has 1 atom stereocenters. The predicted octanol–water partition coefficient (Wildman–Crippen LogP) is 1.81. The van der Waals surface area contributed by atoms with E-state index in [1.54, 1.807) is 0 Å². The highest BCUT2D eigenvalue weighted by Crippen LogP contribution is 2.11. The van der Waals surface area contributed by atoms with Crippen molar-refractivity contribution in [3.63, 3.8) is 0 Å². The molecule has 96 valence electrons. The second-order valence-corrected chi connectivity index (χ2v) is 5.16. The molecule has 17 heavy (non-hydrogen) atoms. The lowest BCUT2D eigenvalue weighted by Crippen LogP contribution is -2.27. The molecule has 1 N–H and O–H groups in total. The number of rotatable bonds is 6. The molecule has 0 radical (unpaired) electrons. The Kier molecular flexibility index (Phi) is 4.57. The van der Waals surface area contributed by atoms with Crippen molar-refractivity contribution in [3.05, 3.63) is 18.0 Å². The van der Waals surface area contributed by atoms with Crippen molar-refractivity contribution in [2.24, 2.45) is 5.92 Å². The Morgan fingerprint density at radius 3 is 3.18 bits per heavy atom. The fourth-order valence-corrected chi connectivity index (χ4v) is 2.19. The maximum absolute atomic E-state index is 5.58. The van der Waals surface area contributed by atoms with Crippen molar-refractivity contribution < 1.29 is 4.74 Å². The summed E-state index contributed by atoms with van der Waals surface area (Å²) in [5.74, 6) is 0.631. The zero-order valence-electron chi connectivity index (χ0n) is 10.9. The lowest BCUT2D eigenvalue weighted by Gasteiger charge is -2.13. The van der Waals surface area contributed by atoms with Crippen LogP contribution in [0.3, 0.4) is 0 Å². The maximum Gasteiger partial charge on any atom is 0.0700 e. The Morgan fingerprint density at radius 2 is 2.47 bits per heavy atom. The highest BCUT2D eigenvalue weighted by Gasteiger charge is 2.14. The summed E-state index contributed by atoms with van der Waals surface area (Å²) >= 11 is 0. The molecule has 2 heterocycles. The van der Waals surface area contributed by atoms with Gasteiger partial charge in [-0.3, -0.25) is 4.68 Å². The van der Waals surface area contributed by atoms with Gasteiger partial charge in [0, 0.05) is 32.4 Å². The first-order chi connectivity index (χ1) is 8.25. The van der Waals surface area contributed by atoms with Gasteiger partial charge in [0.05, 0.1) is 11.8 Å². The van der Waals surface area contributed by atoms with Gasteiger partial charge in [-0.25, -0.2) is 0 Å². The summed E-state index contributed by atoms with van der Waals surface area (Å²) in [7, 11) is 0. The molecule has 1 aromatic heterocycles. The van der Waals surface area contributed by atoms with Crippen LogP contribution in [-0.2, 0) is 17.8 Å². The summed E-state index contributed by atoms with van der Waals surface area (Å²) in [5.41, 5.74) is 1.26. The van der Waals surface area contributed by atoms with Crippen LogP contribution in [0.4, 0.5) is 0 Å². The van der Waals surface area contributed by atoms with E-state index in [2.05, 4.69) is 35.0 Å². The third-order valence-corrected chi connectivity index (χ3v) is 3.04. The van der Waals surface area contributed by atoms with Crippen LogP contribution >= 0.6 is 0 Å². The average Bonchev–Trinajstić information content (AvgIpc) is 2.90. The van der Waals surface area contributed by atoms with Gasteiger partial charge in [-0.2, -0.15) is 5.10 Å². The summed E-state index contributed by atoms with van der Waals surface area (Å²) in [6.45, 7) is 8.18. The summed E-state index contributed by atoms with van der Waals surface area (Å²) in [5, 5.41) is 7.81. The fourth-order valence-electron chi connectivity index (χ4n) is 2.19. The average molecular weight is 237 g/mol. The van der Waals surface area contributed by atoms with Crippen molar-refractivity contribution in [2.75, 3.05) is 13.2 Å². The van der Waals surface area contributed by atoms with Gasteiger partial charge >= 0.3 is 0 Å². The van der Waals surface area contributed by atoms with Gasteiger partial charge in [0.2, 0.25) is 0 Å². The lowest BCUT2D eigenvalue weighted by atomic mass is 10.2. The Bertz CT molecular complexity index is 329. The SMILES string of the molecule is CC(C)Cn1nccc1CNC[C@H]1CCCO1. The van der Waals surface area contributed by atoms with Crippen molar-refractivity contribution in [1.29, 1.82) is 0 Å². The zero-order valence-corrected chi connectivity index (χ0v) is 10.9. The summed E-state index contributed by atoms with van der Waals surface area (Å²) in [4.78, 5) is 0. The first-order valence-corrected chi connectivity index (χ1v) is 6.58. The third-order valence-electron chi connectivity index (χ3n) is 3.04. The quantitative estimate of drug-likeness (QED) is 0.820. The first-order valence-electron chi connectivity index (χ1n) is 6.58.